The summed E-state index contributed by atoms with van der Waals surface area (Å²) in [5.74, 6) is -1.89. The van der Waals surface area contributed by atoms with Crippen LogP contribution in [0, 0.1) is 23.4 Å². The second-order valence-electron chi connectivity index (χ2n) is 10.4. The maximum Gasteiger partial charge on any atom is 0.186 e. The Morgan fingerprint density at radius 1 is 0.744 bits per heavy atom. The van der Waals surface area contributed by atoms with Gasteiger partial charge in [-0.1, -0.05) is 106 Å². The molecule has 1 saturated heterocycles. The maximum absolute atomic E-state index is 15.0. The normalized spacial score (nSPS) is 17.3. The van der Waals surface area contributed by atoms with E-state index in [4.69, 9.17) is 9.47 Å². The van der Waals surface area contributed by atoms with E-state index < -0.39 is 23.7 Å². The van der Waals surface area contributed by atoms with E-state index >= 15 is 0 Å². The Morgan fingerprint density at radius 3 is 2.00 bits per heavy atom. The van der Waals surface area contributed by atoms with Crippen LogP contribution in [0.1, 0.15) is 75.7 Å². The number of hydrogen-bond donors (Lipinski definition) is 0. The van der Waals surface area contributed by atoms with Gasteiger partial charge >= 0.3 is 0 Å². The molecule has 0 saturated carbocycles. The van der Waals surface area contributed by atoms with Gasteiger partial charge in [-0.2, -0.15) is 0 Å². The Balaban J connectivity index is 1.36. The Bertz CT molecular complexity index is 1210. The lowest BCUT2D eigenvalue weighted by Crippen LogP contribution is -2.26. The van der Waals surface area contributed by atoms with Gasteiger partial charge in [-0.05, 0) is 41.2 Å². The minimum Gasteiger partial charge on any atom is -0.348 e. The zero-order valence-electron chi connectivity index (χ0n) is 22.9. The van der Waals surface area contributed by atoms with Crippen molar-refractivity contribution in [1.82, 2.24) is 0 Å². The molecule has 3 aromatic carbocycles. The van der Waals surface area contributed by atoms with Crippen LogP contribution in [-0.2, 0) is 15.9 Å². The number of hydrogen-bond acceptors (Lipinski definition) is 2. The van der Waals surface area contributed by atoms with E-state index in [1.54, 1.807) is 54.6 Å². The van der Waals surface area contributed by atoms with Crippen molar-refractivity contribution in [3.8, 4) is 22.3 Å². The first kappa shape index (κ1) is 29.1. The van der Waals surface area contributed by atoms with Crippen LogP contribution in [-0.4, -0.2) is 13.2 Å². The number of aryl methyl sites for hydroxylation is 1. The summed E-state index contributed by atoms with van der Waals surface area (Å²) in [4.78, 5) is 0. The maximum atomic E-state index is 15.0. The molecule has 39 heavy (non-hydrogen) atoms. The smallest absolute Gasteiger partial charge is 0.186 e. The average molecular weight is 537 g/mol. The van der Waals surface area contributed by atoms with E-state index in [9.17, 15) is 13.2 Å². The van der Waals surface area contributed by atoms with Crippen LogP contribution in [0.3, 0.4) is 0 Å². The fourth-order valence-corrected chi connectivity index (χ4v) is 5.03. The average Bonchev–Trinajstić information content (AvgIpc) is 2.97. The topological polar surface area (TPSA) is 18.5 Å². The molecule has 208 valence electrons. The second-order valence-corrected chi connectivity index (χ2v) is 10.4. The molecule has 2 nitrogen and oxygen atoms in total. The molecule has 1 fully saturated rings. The van der Waals surface area contributed by atoms with Crippen molar-refractivity contribution in [2.24, 2.45) is 5.92 Å². The number of benzene rings is 3. The summed E-state index contributed by atoms with van der Waals surface area (Å²) in [5, 5.41) is 0. The molecule has 1 heterocycles. The van der Waals surface area contributed by atoms with Crippen LogP contribution in [0.2, 0.25) is 0 Å². The molecular formula is C34H39F3O2. The van der Waals surface area contributed by atoms with Gasteiger partial charge in [0.05, 0.1) is 13.2 Å². The number of ether oxygens (including phenoxy) is 2. The zero-order chi connectivity index (χ0) is 27.6. The highest BCUT2D eigenvalue weighted by molar-refractivity contribution is 5.71. The SMILES string of the molecule is C=CC1COC(c2ccc(-c3ccc(-c4ccc(CCCCCCCCCC)c(F)c4F)cc3)cc2F)OC1. The molecule has 0 N–H and O–H groups in total. The molecule has 0 radical (unpaired) electrons. The summed E-state index contributed by atoms with van der Waals surface area (Å²) in [7, 11) is 0. The Kier molecular flexibility index (Phi) is 10.8. The molecule has 3 aromatic rings. The lowest BCUT2D eigenvalue weighted by Gasteiger charge is -2.28. The molecule has 5 heteroatoms. The van der Waals surface area contributed by atoms with Gasteiger partial charge < -0.3 is 9.47 Å². The Morgan fingerprint density at radius 2 is 1.36 bits per heavy atom. The van der Waals surface area contributed by atoms with Crippen molar-refractivity contribution in [2.45, 2.75) is 71.0 Å². The van der Waals surface area contributed by atoms with Gasteiger partial charge in [0.1, 0.15) is 5.82 Å². The Labute approximate surface area is 230 Å². The molecule has 0 atom stereocenters. The van der Waals surface area contributed by atoms with Crippen molar-refractivity contribution < 1.29 is 22.6 Å². The Hall–Kier alpha value is -2.89. The van der Waals surface area contributed by atoms with Gasteiger partial charge in [0.2, 0.25) is 0 Å². The number of unbranched alkanes of at least 4 members (excludes halogenated alkanes) is 7. The molecule has 0 aliphatic carbocycles. The summed E-state index contributed by atoms with van der Waals surface area (Å²) in [6.45, 7) is 6.82. The zero-order valence-corrected chi connectivity index (χ0v) is 22.9. The molecule has 0 bridgehead atoms. The van der Waals surface area contributed by atoms with Crippen LogP contribution in [0.5, 0.6) is 0 Å². The van der Waals surface area contributed by atoms with Crippen molar-refractivity contribution in [3.05, 3.63) is 95.8 Å². The molecule has 1 aliphatic heterocycles. The summed E-state index contributed by atoms with van der Waals surface area (Å²) in [6, 6.07) is 15.3. The highest BCUT2D eigenvalue weighted by Gasteiger charge is 2.24. The van der Waals surface area contributed by atoms with Gasteiger partial charge in [0.15, 0.2) is 17.9 Å². The summed E-state index contributed by atoms with van der Waals surface area (Å²) >= 11 is 0. The van der Waals surface area contributed by atoms with E-state index in [0.29, 0.717) is 41.9 Å². The first-order valence-corrected chi connectivity index (χ1v) is 14.2. The molecule has 0 unspecified atom stereocenters. The highest BCUT2D eigenvalue weighted by atomic mass is 19.2. The van der Waals surface area contributed by atoms with Crippen molar-refractivity contribution in [1.29, 1.82) is 0 Å². The highest BCUT2D eigenvalue weighted by Crippen LogP contribution is 2.32. The van der Waals surface area contributed by atoms with Crippen LogP contribution in [0.4, 0.5) is 13.2 Å². The van der Waals surface area contributed by atoms with Gasteiger partial charge in [-0.3, -0.25) is 0 Å². The summed E-state index contributed by atoms with van der Waals surface area (Å²) < 4.78 is 56.0. The van der Waals surface area contributed by atoms with Crippen molar-refractivity contribution in [2.75, 3.05) is 13.2 Å². The first-order chi connectivity index (χ1) is 19.0. The molecule has 1 aliphatic rings. The fraction of sp³-hybridized carbons (Fsp3) is 0.412. The molecule has 0 spiro atoms. The number of rotatable bonds is 13. The van der Waals surface area contributed by atoms with Gasteiger partial charge in [0.25, 0.3) is 0 Å². The van der Waals surface area contributed by atoms with Crippen LogP contribution in [0.25, 0.3) is 22.3 Å². The van der Waals surface area contributed by atoms with Gasteiger partial charge in [0, 0.05) is 17.0 Å². The lowest BCUT2D eigenvalue weighted by atomic mass is 9.97. The predicted octanol–water partition coefficient (Wildman–Crippen LogP) is 9.97. The second kappa shape index (κ2) is 14.5. The monoisotopic (exact) mass is 536 g/mol. The van der Waals surface area contributed by atoms with Crippen LogP contribution in [0.15, 0.2) is 67.3 Å². The van der Waals surface area contributed by atoms with Crippen LogP contribution < -0.4 is 0 Å². The summed E-state index contributed by atoms with van der Waals surface area (Å²) in [5.41, 5.74) is 3.03. The van der Waals surface area contributed by atoms with Crippen molar-refractivity contribution in [3.63, 3.8) is 0 Å². The first-order valence-electron chi connectivity index (χ1n) is 14.2. The third kappa shape index (κ3) is 7.61. The van der Waals surface area contributed by atoms with Gasteiger partial charge in [-0.15, -0.1) is 6.58 Å². The molecular weight excluding hydrogens is 497 g/mol. The predicted molar refractivity (Wildman–Crippen MR) is 152 cm³/mol. The van der Waals surface area contributed by atoms with Gasteiger partial charge in [-0.25, -0.2) is 13.2 Å². The van der Waals surface area contributed by atoms with E-state index in [2.05, 4.69) is 13.5 Å². The van der Waals surface area contributed by atoms with E-state index in [-0.39, 0.29) is 11.5 Å². The third-order valence-corrected chi connectivity index (χ3v) is 7.50. The summed E-state index contributed by atoms with van der Waals surface area (Å²) in [6.07, 6.45) is 10.9. The third-order valence-electron chi connectivity index (χ3n) is 7.50. The molecule has 0 amide bonds. The largest absolute Gasteiger partial charge is 0.348 e. The van der Waals surface area contributed by atoms with Crippen molar-refractivity contribution >= 4 is 0 Å². The molecule has 4 rings (SSSR count). The molecule has 0 aromatic heterocycles. The quantitative estimate of drug-likeness (QED) is 0.160. The van der Waals surface area contributed by atoms with Crippen LogP contribution >= 0.6 is 0 Å². The minimum absolute atomic E-state index is 0.103. The van der Waals surface area contributed by atoms with E-state index in [0.717, 1.165) is 24.8 Å². The van der Waals surface area contributed by atoms with E-state index in [1.807, 2.05) is 0 Å². The number of halogens is 3. The minimum atomic E-state index is -0.818. The standard InChI is InChI=1S/C34H39F3O2/c1-3-5-6-7-8-9-10-11-12-27-17-19-29(33(37)32(27)36)26-15-13-25(14-16-26)28-18-20-30(31(35)21-28)34-38-22-24(4-2)23-39-34/h4,13-21,24,34H,2-3,5-12,22-23H2,1H3. The fourth-order valence-electron chi connectivity index (χ4n) is 5.03. The van der Waals surface area contributed by atoms with E-state index in [1.165, 1.54) is 38.2 Å². The lowest BCUT2D eigenvalue weighted by molar-refractivity contribution is -0.198.